The number of ether oxygens (including phenoxy) is 3. The van der Waals surface area contributed by atoms with Gasteiger partial charge in [-0.3, -0.25) is 4.79 Å². The molecule has 134 valence electrons. The Balaban J connectivity index is 2.24. The van der Waals surface area contributed by atoms with Crippen LogP contribution in [0.2, 0.25) is 0 Å². The zero-order chi connectivity index (χ0) is 18.2. The lowest BCUT2D eigenvalue weighted by Gasteiger charge is -2.15. The van der Waals surface area contributed by atoms with E-state index in [1.165, 1.54) is 7.11 Å². The van der Waals surface area contributed by atoms with Crippen molar-refractivity contribution in [3.8, 4) is 11.5 Å². The molecule has 0 fully saturated rings. The third kappa shape index (κ3) is 4.97. The molecule has 0 aromatic heterocycles. The zero-order valence-electron chi connectivity index (χ0n) is 15.0. The lowest BCUT2D eigenvalue weighted by Crippen LogP contribution is -2.33. The third-order valence-electron chi connectivity index (χ3n) is 3.94. The van der Waals surface area contributed by atoms with Crippen LogP contribution in [0.3, 0.4) is 0 Å². The van der Waals surface area contributed by atoms with Crippen LogP contribution < -0.4 is 15.2 Å². The van der Waals surface area contributed by atoms with Crippen LogP contribution in [0, 0.1) is 0 Å². The largest absolute Gasteiger partial charge is 0.496 e. The predicted molar refractivity (Wildman–Crippen MR) is 97.1 cm³/mol. The van der Waals surface area contributed by atoms with E-state index in [-0.39, 0.29) is 0 Å². The summed E-state index contributed by atoms with van der Waals surface area (Å²) < 4.78 is 15.9. The van der Waals surface area contributed by atoms with Gasteiger partial charge in [-0.15, -0.1) is 0 Å². The summed E-state index contributed by atoms with van der Waals surface area (Å²) in [5.41, 5.74) is 8.94. The van der Waals surface area contributed by atoms with Crippen molar-refractivity contribution in [1.29, 1.82) is 0 Å². The molecule has 5 nitrogen and oxygen atoms in total. The quantitative estimate of drug-likeness (QED) is 0.746. The highest BCUT2D eigenvalue weighted by Crippen LogP contribution is 2.31. The number of hydrogen-bond donors (Lipinski definition) is 1. The number of carbonyl (C=O) groups is 1. The second-order valence-electron chi connectivity index (χ2n) is 5.70. The van der Waals surface area contributed by atoms with Crippen molar-refractivity contribution in [2.24, 2.45) is 5.73 Å². The van der Waals surface area contributed by atoms with E-state index in [1.54, 1.807) is 7.11 Å². The van der Waals surface area contributed by atoms with Crippen molar-refractivity contribution in [2.75, 3.05) is 20.8 Å². The SMILES string of the molecule is CCOc1cccc(OC)c1Cc1cccc(C[C@H](N)C(=O)OC)c1. The minimum Gasteiger partial charge on any atom is -0.496 e. The van der Waals surface area contributed by atoms with Crippen molar-refractivity contribution in [1.82, 2.24) is 0 Å². The summed E-state index contributed by atoms with van der Waals surface area (Å²) in [6.07, 6.45) is 1.10. The van der Waals surface area contributed by atoms with Gasteiger partial charge in [0, 0.05) is 12.0 Å². The molecule has 0 radical (unpaired) electrons. The lowest BCUT2D eigenvalue weighted by atomic mass is 9.98. The standard InChI is InChI=1S/C20H25NO4/c1-4-25-19-10-6-9-18(23-2)16(19)12-14-7-5-8-15(11-14)13-17(21)20(22)24-3/h5-11,17H,4,12-13,21H2,1-3H3/t17-/m0/s1. The first-order valence-corrected chi connectivity index (χ1v) is 8.29. The fourth-order valence-corrected chi connectivity index (χ4v) is 2.76. The van der Waals surface area contributed by atoms with Crippen molar-refractivity contribution < 1.29 is 19.0 Å². The van der Waals surface area contributed by atoms with E-state index in [2.05, 4.69) is 4.74 Å². The molecular weight excluding hydrogens is 318 g/mol. The Morgan fingerprint density at radius 3 is 2.44 bits per heavy atom. The van der Waals surface area contributed by atoms with Crippen LogP contribution in [-0.2, 0) is 22.4 Å². The molecule has 0 heterocycles. The second kappa shape index (κ2) is 9.08. The van der Waals surface area contributed by atoms with E-state index in [0.29, 0.717) is 19.4 Å². The Morgan fingerprint density at radius 2 is 1.76 bits per heavy atom. The molecule has 2 N–H and O–H groups in total. The van der Waals surface area contributed by atoms with E-state index < -0.39 is 12.0 Å². The highest BCUT2D eigenvalue weighted by molar-refractivity contribution is 5.75. The van der Waals surface area contributed by atoms with Crippen LogP contribution >= 0.6 is 0 Å². The minimum atomic E-state index is -0.662. The van der Waals surface area contributed by atoms with Gasteiger partial charge in [-0.25, -0.2) is 0 Å². The molecule has 0 aliphatic carbocycles. The Kier molecular flexibility index (Phi) is 6.83. The predicted octanol–water partition coefficient (Wildman–Crippen LogP) is 2.73. The molecule has 5 heteroatoms. The molecule has 0 amide bonds. The van der Waals surface area contributed by atoms with E-state index in [1.807, 2.05) is 49.4 Å². The van der Waals surface area contributed by atoms with Gasteiger partial charge in [0.2, 0.25) is 0 Å². The van der Waals surface area contributed by atoms with Gasteiger partial charge in [0.05, 0.1) is 20.8 Å². The number of methoxy groups -OCH3 is 2. The molecule has 0 bridgehead atoms. The van der Waals surface area contributed by atoms with E-state index >= 15 is 0 Å². The fourth-order valence-electron chi connectivity index (χ4n) is 2.76. The normalized spacial score (nSPS) is 11.7. The van der Waals surface area contributed by atoms with Crippen molar-refractivity contribution in [2.45, 2.75) is 25.8 Å². The summed E-state index contributed by atoms with van der Waals surface area (Å²) in [5, 5.41) is 0. The monoisotopic (exact) mass is 343 g/mol. The van der Waals surface area contributed by atoms with Gasteiger partial charge in [-0.05, 0) is 36.6 Å². The maximum absolute atomic E-state index is 11.5. The molecule has 0 saturated heterocycles. The molecule has 1 atom stereocenters. The smallest absolute Gasteiger partial charge is 0.322 e. The van der Waals surface area contributed by atoms with Gasteiger partial charge in [-0.1, -0.05) is 30.3 Å². The molecule has 0 saturated carbocycles. The fraction of sp³-hybridized carbons (Fsp3) is 0.350. The summed E-state index contributed by atoms with van der Waals surface area (Å²) in [4.78, 5) is 11.5. The molecular formula is C20H25NO4. The molecule has 0 aliphatic rings. The van der Waals surface area contributed by atoms with Crippen molar-refractivity contribution >= 4 is 5.97 Å². The minimum absolute atomic E-state index is 0.409. The van der Waals surface area contributed by atoms with Gasteiger partial charge in [-0.2, -0.15) is 0 Å². The molecule has 0 unspecified atom stereocenters. The van der Waals surface area contributed by atoms with Crippen LogP contribution in [0.5, 0.6) is 11.5 Å². The summed E-state index contributed by atoms with van der Waals surface area (Å²) in [6, 6.07) is 13.1. The molecule has 0 aliphatic heterocycles. The number of esters is 1. The first-order valence-electron chi connectivity index (χ1n) is 8.29. The van der Waals surface area contributed by atoms with Crippen LogP contribution in [-0.4, -0.2) is 32.8 Å². The van der Waals surface area contributed by atoms with Crippen LogP contribution in [0.1, 0.15) is 23.6 Å². The number of benzene rings is 2. The van der Waals surface area contributed by atoms with Gasteiger partial charge in [0.25, 0.3) is 0 Å². The molecule has 2 aromatic carbocycles. The van der Waals surface area contributed by atoms with Crippen molar-refractivity contribution in [3.63, 3.8) is 0 Å². The number of nitrogens with two attached hydrogens (primary N) is 1. The summed E-state index contributed by atoms with van der Waals surface area (Å²) in [5.74, 6) is 1.20. The zero-order valence-corrected chi connectivity index (χ0v) is 15.0. The van der Waals surface area contributed by atoms with E-state index in [4.69, 9.17) is 15.2 Å². The van der Waals surface area contributed by atoms with Gasteiger partial charge < -0.3 is 19.9 Å². The first-order chi connectivity index (χ1) is 12.1. The summed E-state index contributed by atoms with van der Waals surface area (Å²) in [7, 11) is 3.00. The number of hydrogen-bond acceptors (Lipinski definition) is 5. The van der Waals surface area contributed by atoms with Gasteiger partial charge in [0.15, 0.2) is 0 Å². The Bertz CT molecular complexity index is 715. The van der Waals surface area contributed by atoms with E-state index in [0.717, 1.165) is 28.2 Å². The number of carbonyl (C=O) groups excluding carboxylic acids is 1. The van der Waals surface area contributed by atoms with Gasteiger partial charge in [0.1, 0.15) is 17.5 Å². The third-order valence-corrected chi connectivity index (χ3v) is 3.94. The van der Waals surface area contributed by atoms with E-state index in [9.17, 15) is 4.79 Å². The summed E-state index contributed by atoms with van der Waals surface area (Å²) >= 11 is 0. The number of rotatable bonds is 8. The Labute approximate surface area is 148 Å². The molecule has 25 heavy (non-hydrogen) atoms. The average molecular weight is 343 g/mol. The maximum atomic E-state index is 11.5. The molecule has 2 rings (SSSR count). The first kappa shape index (κ1) is 18.8. The van der Waals surface area contributed by atoms with Gasteiger partial charge >= 0.3 is 5.97 Å². The Morgan fingerprint density at radius 1 is 1.08 bits per heavy atom. The average Bonchev–Trinajstić information content (AvgIpc) is 2.62. The highest BCUT2D eigenvalue weighted by Gasteiger charge is 2.15. The molecule has 0 spiro atoms. The van der Waals surface area contributed by atoms with Crippen LogP contribution in [0.15, 0.2) is 42.5 Å². The lowest BCUT2D eigenvalue weighted by molar-refractivity contribution is -0.142. The Hall–Kier alpha value is -2.53. The second-order valence-corrected chi connectivity index (χ2v) is 5.70. The van der Waals surface area contributed by atoms with Crippen molar-refractivity contribution in [3.05, 3.63) is 59.2 Å². The topological polar surface area (TPSA) is 70.8 Å². The van der Waals surface area contributed by atoms with Crippen LogP contribution in [0.25, 0.3) is 0 Å². The molecule has 2 aromatic rings. The highest BCUT2D eigenvalue weighted by atomic mass is 16.5. The summed E-state index contributed by atoms with van der Waals surface area (Å²) in [6.45, 7) is 2.55. The maximum Gasteiger partial charge on any atom is 0.322 e. The van der Waals surface area contributed by atoms with Crippen LogP contribution in [0.4, 0.5) is 0 Å².